The normalized spacial score (nSPS) is 13.2. The number of halogens is 1. The van der Waals surface area contributed by atoms with E-state index in [2.05, 4.69) is 15.4 Å². The highest BCUT2D eigenvalue weighted by atomic mass is 35.5. The molecule has 0 fully saturated rings. The Morgan fingerprint density at radius 1 is 1.12 bits per heavy atom. The van der Waals surface area contributed by atoms with Gasteiger partial charge in [0.1, 0.15) is 12.7 Å². The number of hydrogen-bond donors (Lipinski definition) is 1. The number of carbonyl (C=O) groups excluding carboxylic acids is 1. The lowest BCUT2D eigenvalue weighted by atomic mass is 10.1. The van der Waals surface area contributed by atoms with Gasteiger partial charge in [0, 0.05) is 9.92 Å². The van der Waals surface area contributed by atoms with E-state index in [-0.39, 0.29) is 17.2 Å². The zero-order valence-electron chi connectivity index (χ0n) is 14.5. The Labute approximate surface area is 161 Å². The van der Waals surface area contributed by atoms with Gasteiger partial charge in [0.15, 0.2) is 0 Å². The molecule has 0 aliphatic carbocycles. The molecule has 1 amide bonds. The molecule has 7 heteroatoms. The second-order valence-electron chi connectivity index (χ2n) is 5.88. The second kappa shape index (κ2) is 8.38. The molecule has 26 heavy (non-hydrogen) atoms. The van der Waals surface area contributed by atoms with Crippen molar-refractivity contribution in [3.05, 3.63) is 71.8 Å². The van der Waals surface area contributed by atoms with Crippen molar-refractivity contribution in [3.63, 3.8) is 0 Å². The minimum Gasteiger partial charge on any atom is -0.349 e. The fourth-order valence-corrected chi connectivity index (χ4v) is 3.44. The van der Waals surface area contributed by atoms with Crippen molar-refractivity contribution in [2.45, 2.75) is 30.0 Å². The quantitative estimate of drug-likeness (QED) is 0.642. The van der Waals surface area contributed by atoms with Crippen LogP contribution >= 0.6 is 23.4 Å². The predicted octanol–water partition coefficient (Wildman–Crippen LogP) is 4.28. The molecule has 5 nitrogen and oxygen atoms in total. The number of amides is 1. The van der Waals surface area contributed by atoms with Crippen molar-refractivity contribution in [2.24, 2.45) is 0 Å². The van der Waals surface area contributed by atoms with Gasteiger partial charge in [-0.3, -0.25) is 4.79 Å². The first-order chi connectivity index (χ1) is 12.5. The predicted molar refractivity (Wildman–Crippen MR) is 105 cm³/mol. The largest absolute Gasteiger partial charge is 0.349 e. The smallest absolute Gasteiger partial charge is 0.233 e. The molecule has 0 aliphatic rings. The Morgan fingerprint density at radius 3 is 2.42 bits per heavy atom. The van der Waals surface area contributed by atoms with Crippen LogP contribution in [0.25, 0.3) is 5.69 Å². The maximum absolute atomic E-state index is 12.5. The molecule has 0 spiro atoms. The summed E-state index contributed by atoms with van der Waals surface area (Å²) in [5, 5.41) is 7.65. The van der Waals surface area contributed by atoms with E-state index >= 15 is 0 Å². The highest BCUT2D eigenvalue weighted by molar-refractivity contribution is 8.00. The van der Waals surface area contributed by atoms with Crippen LogP contribution in [0, 0.1) is 0 Å². The molecule has 1 aromatic heterocycles. The Kier molecular flexibility index (Phi) is 5.96. The maximum Gasteiger partial charge on any atom is 0.233 e. The van der Waals surface area contributed by atoms with E-state index < -0.39 is 0 Å². The summed E-state index contributed by atoms with van der Waals surface area (Å²) in [7, 11) is 0. The molecule has 3 rings (SSSR count). The molecular weight excluding hydrogens is 368 g/mol. The highest BCUT2D eigenvalue weighted by Gasteiger charge is 2.17. The number of aromatic nitrogens is 3. The monoisotopic (exact) mass is 386 g/mol. The first kappa shape index (κ1) is 18.5. The number of hydrogen-bond acceptors (Lipinski definition) is 4. The average molecular weight is 387 g/mol. The number of carbonyl (C=O) groups is 1. The molecule has 0 aliphatic heterocycles. The summed E-state index contributed by atoms with van der Waals surface area (Å²) in [5.41, 5.74) is 1.96. The number of nitrogens with zero attached hydrogens (tertiary/aromatic N) is 3. The Hall–Kier alpha value is -2.31. The van der Waals surface area contributed by atoms with Crippen molar-refractivity contribution in [3.8, 4) is 5.69 Å². The van der Waals surface area contributed by atoms with Gasteiger partial charge in [-0.25, -0.2) is 9.67 Å². The number of nitrogens with one attached hydrogen (secondary N) is 1. The molecule has 2 aromatic carbocycles. The van der Waals surface area contributed by atoms with Crippen molar-refractivity contribution < 1.29 is 4.79 Å². The molecule has 3 aromatic rings. The lowest BCUT2D eigenvalue weighted by Crippen LogP contribution is -2.33. The fraction of sp³-hybridized carbons (Fsp3) is 0.211. The van der Waals surface area contributed by atoms with Gasteiger partial charge in [0.2, 0.25) is 5.91 Å². The van der Waals surface area contributed by atoms with Crippen LogP contribution in [0.4, 0.5) is 0 Å². The minimum absolute atomic E-state index is 0.00203. The summed E-state index contributed by atoms with van der Waals surface area (Å²) >= 11 is 7.40. The summed E-state index contributed by atoms with van der Waals surface area (Å²) in [6.07, 6.45) is 3.15. The third kappa shape index (κ3) is 4.65. The summed E-state index contributed by atoms with van der Waals surface area (Å²) in [6.45, 7) is 3.87. The Bertz CT molecular complexity index is 850. The van der Waals surface area contributed by atoms with Crippen LogP contribution in [-0.2, 0) is 4.79 Å². The van der Waals surface area contributed by atoms with Crippen molar-refractivity contribution in [2.75, 3.05) is 0 Å². The minimum atomic E-state index is -0.201. The Morgan fingerprint density at radius 2 is 1.81 bits per heavy atom. The van der Waals surface area contributed by atoms with Crippen molar-refractivity contribution in [1.82, 2.24) is 20.1 Å². The number of rotatable bonds is 6. The summed E-state index contributed by atoms with van der Waals surface area (Å²) in [4.78, 5) is 17.4. The molecule has 0 saturated heterocycles. The van der Waals surface area contributed by atoms with Crippen LogP contribution < -0.4 is 5.32 Å². The van der Waals surface area contributed by atoms with Crippen LogP contribution in [0.3, 0.4) is 0 Å². The van der Waals surface area contributed by atoms with Gasteiger partial charge in [-0.05, 0) is 55.8 Å². The van der Waals surface area contributed by atoms with E-state index in [1.165, 1.54) is 18.1 Å². The average Bonchev–Trinajstić information content (AvgIpc) is 3.18. The molecule has 134 valence electrons. The van der Waals surface area contributed by atoms with E-state index in [9.17, 15) is 4.79 Å². The second-order valence-corrected chi connectivity index (χ2v) is 7.73. The lowest BCUT2D eigenvalue weighted by Gasteiger charge is -2.18. The van der Waals surface area contributed by atoms with E-state index in [0.29, 0.717) is 5.02 Å². The summed E-state index contributed by atoms with van der Waals surface area (Å²) in [6, 6.07) is 15.3. The van der Waals surface area contributed by atoms with Crippen LogP contribution in [-0.4, -0.2) is 25.9 Å². The molecule has 0 radical (unpaired) electrons. The SMILES string of the molecule is CC(Sc1ccc(Cl)cc1)C(=O)NC(C)c1ccc(-n2cncn2)cc1. The van der Waals surface area contributed by atoms with Gasteiger partial charge in [0.25, 0.3) is 0 Å². The van der Waals surface area contributed by atoms with Crippen LogP contribution in [0.5, 0.6) is 0 Å². The molecule has 2 unspecified atom stereocenters. The maximum atomic E-state index is 12.5. The molecule has 0 saturated carbocycles. The highest BCUT2D eigenvalue weighted by Crippen LogP contribution is 2.25. The first-order valence-electron chi connectivity index (χ1n) is 8.20. The van der Waals surface area contributed by atoms with E-state index in [4.69, 9.17) is 11.6 Å². The van der Waals surface area contributed by atoms with E-state index in [1.807, 2.05) is 62.4 Å². The molecule has 1 N–H and O–H groups in total. The molecule has 2 atom stereocenters. The van der Waals surface area contributed by atoms with Crippen molar-refractivity contribution in [1.29, 1.82) is 0 Å². The van der Waals surface area contributed by atoms with E-state index in [0.717, 1.165) is 16.1 Å². The zero-order chi connectivity index (χ0) is 18.5. The van der Waals surface area contributed by atoms with Gasteiger partial charge in [-0.15, -0.1) is 11.8 Å². The fourth-order valence-electron chi connectivity index (χ4n) is 2.44. The van der Waals surface area contributed by atoms with Crippen LogP contribution in [0.15, 0.2) is 66.1 Å². The first-order valence-corrected chi connectivity index (χ1v) is 9.46. The Balaban J connectivity index is 1.58. The third-order valence-electron chi connectivity index (χ3n) is 3.93. The van der Waals surface area contributed by atoms with Gasteiger partial charge >= 0.3 is 0 Å². The molecule has 1 heterocycles. The van der Waals surface area contributed by atoms with Crippen LogP contribution in [0.2, 0.25) is 5.02 Å². The number of benzene rings is 2. The number of thioether (sulfide) groups is 1. The van der Waals surface area contributed by atoms with Crippen molar-refractivity contribution >= 4 is 29.3 Å². The van der Waals surface area contributed by atoms with Gasteiger partial charge in [-0.1, -0.05) is 23.7 Å². The summed E-state index contributed by atoms with van der Waals surface area (Å²) < 4.78 is 1.69. The topological polar surface area (TPSA) is 59.8 Å². The van der Waals surface area contributed by atoms with Gasteiger partial charge < -0.3 is 5.32 Å². The molecule has 0 bridgehead atoms. The van der Waals surface area contributed by atoms with Crippen LogP contribution in [0.1, 0.15) is 25.5 Å². The standard InChI is InChI=1S/C19H19ClN4OS/c1-13(15-3-7-17(8-4-15)24-12-21-11-22-24)23-19(25)14(2)26-18-9-5-16(20)6-10-18/h3-14H,1-2H3,(H,23,25). The summed E-state index contributed by atoms with van der Waals surface area (Å²) in [5.74, 6) is -0.00203. The lowest BCUT2D eigenvalue weighted by molar-refractivity contribution is -0.120. The third-order valence-corrected chi connectivity index (χ3v) is 5.29. The zero-order valence-corrected chi connectivity index (χ0v) is 16.0. The molecular formula is C19H19ClN4OS. The van der Waals surface area contributed by atoms with Gasteiger partial charge in [-0.2, -0.15) is 5.10 Å². The van der Waals surface area contributed by atoms with Gasteiger partial charge in [0.05, 0.1) is 17.0 Å². The van der Waals surface area contributed by atoms with E-state index in [1.54, 1.807) is 11.0 Å².